The fourth-order valence-corrected chi connectivity index (χ4v) is 2.83. The molecule has 0 spiro atoms. The van der Waals surface area contributed by atoms with Crippen molar-refractivity contribution in [1.29, 1.82) is 0 Å². The van der Waals surface area contributed by atoms with Crippen molar-refractivity contribution in [1.82, 2.24) is 10.4 Å². The first kappa shape index (κ1) is 16.3. The molecule has 0 aromatic heterocycles. The van der Waals surface area contributed by atoms with Gasteiger partial charge >= 0.3 is 0 Å². The van der Waals surface area contributed by atoms with Crippen LogP contribution in [0.15, 0.2) is 24.3 Å². The Morgan fingerprint density at radius 3 is 2.48 bits per heavy atom. The molecule has 1 fully saturated rings. The smallest absolute Gasteiger partial charge is 0.119 e. The van der Waals surface area contributed by atoms with Crippen molar-refractivity contribution in [2.45, 2.75) is 58.2 Å². The van der Waals surface area contributed by atoms with Gasteiger partial charge in [-0.05, 0) is 45.7 Å². The van der Waals surface area contributed by atoms with Crippen LogP contribution in [0.1, 0.15) is 38.7 Å². The van der Waals surface area contributed by atoms with Crippen LogP contribution in [0.4, 0.5) is 0 Å². The Hall–Kier alpha value is -1.10. The maximum Gasteiger partial charge on any atom is 0.119 e. The maximum absolute atomic E-state index is 10.1. The summed E-state index contributed by atoms with van der Waals surface area (Å²) in [6.45, 7) is 7.35. The van der Waals surface area contributed by atoms with E-state index < -0.39 is 6.10 Å². The van der Waals surface area contributed by atoms with Gasteiger partial charge in [-0.25, -0.2) is 5.01 Å². The number of hydrazine groups is 1. The van der Waals surface area contributed by atoms with Gasteiger partial charge in [-0.2, -0.15) is 0 Å². The van der Waals surface area contributed by atoms with E-state index in [2.05, 4.69) is 24.3 Å². The first-order valence-corrected chi connectivity index (χ1v) is 7.95. The third kappa shape index (κ3) is 4.99. The van der Waals surface area contributed by atoms with Gasteiger partial charge in [0.2, 0.25) is 0 Å². The summed E-state index contributed by atoms with van der Waals surface area (Å²) in [5.41, 5.74) is 4.58. The van der Waals surface area contributed by atoms with Crippen LogP contribution in [0.5, 0.6) is 5.75 Å². The number of ether oxygens (including phenoxy) is 1. The summed E-state index contributed by atoms with van der Waals surface area (Å²) in [5, 5.41) is 12.3. The van der Waals surface area contributed by atoms with E-state index in [0.717, 1.165) is 5.75 Å². The van der Waals surface area contributed by atoms with Crippen LogP contribution in [0.2, 0.25) is 0 Å². The second kappa shape index (κ2) is 7.78. The van der Waals surface area contributed by atoms with E-state index in [1.165, 1.54) is 24.8 Å². The average molecular weight is 292 g/mol. The molecule has 21 heavy (non-hydrogen) atoms. The van der Waals surface area contributed by atoms with Crippen molar-refractivity contribution in [3.8, 4) is 5.75 Å². The normalized spacial score (nSPS) is 24.8. The van der Waals surface area contributed by atoms with Gasteiger partial charge in [0.25, 0.3) is 0 Å². The first-order valence-electron chi connectivity index (χ1n) is 7.95. The molecule has 0 aliphatic carbocycles. The zero-order chi connectivity index (χ0) is 15.2. The van der Waals surface area contributed by atoms with Crippen LogP contribution in [-0.4, -0.2) is 41.5 Å². The molecule has 0 bridgehead atoms. The third-order valence-electron chi connectivity index (χ3n) is 4.17. The molecule has 4 nitrogen and oxygen atoms in total. The van der Waals surface area contributed by atoms with Gasteiger partial charge in [0.15, 0.2) is 0 Å². The van der Waals surface area contributed by atoms with Gasteiger partial charge in [-0.15, -0.1) is 0 Å². The molecule has 2 rings (SSSR count). The molecule has 3 unspecified atom stereocenters. The molecule has 2 N–H and O–H groups in total. The zero-order valence-corrected chi connectivity index (χ0v) is 13.4. The van der Waals surface area contributed by atoms with E-state index in [9.17, 15) is 5.11 Å². The van der Waals surface area contributed by atoms with E-state index in [1.807, 2.05) is 31.2 Å². The number of aliphatic hydroxyl groups is 1. The molecule has 0 amide bonds. The Morgan fingerprint density at radius 2 is 1.86 bits per heavy atom. The van der Waals surface area contributed by atoms with Gasteiger partial charge in [0.1, 0.15) is 18.5 Å². The van der Waals surface area contributed by atoms with Gasteiger partial charge in [-0.3, -0.25) is 5.43 Å². The minimum absolute atomic E-state index is 0.312. The highest BCUT2D eigenvalue weighted by molar-refractivity contribution is 5.26. The predicted octanol–water partition coefficient (Wildman–Crippen LogP) is 2.50. The van der Waals surface area contributed by atoms with Crippen molar-refractivity contribution in [3.63, 3.8) is 0 Å². The lowest BCUT2D eigenvalue weighted by molar-refractivity contribution is 0.0171. The monoisotopic (exact) mass is 292 g/mol. The number of rotatable bonds is 6. The fraction of sp³-hybridized carbons (Fsp3) is 0.647. The number of nitrogens with one attached hydrogen (secondary N) is 1. The number of nitrogens with zero attached hydrogens (tertiary/aromatic N) is 1. The molecule has 0 radical (unpaired) electrons. The molecule has 1 aliphatic rings. The molecule has 1 aromatic rings. The van der Waals surface area contributed by atoms with Crippen molar-refractivity contribution >= 4 is 0 Å². The molecule has 1 aromatic carbocycles. The highest BCUT2D eigenvalue weighted by atomic mass is 16.5. The third-order valence-corrected chi connectivity index (χ3v) is 4.17. The molecular weight excluding hydrogens is 264 g/mol. The molecule has 1 saturated heterocycles. The maximum atomic E-state index is 10.1. The van der Waals surface area contributed by atoms with Gasteiger partial charge < -0.3 is 9.84 Å². The molecular formula is C17H28N2O2. The SMILES string of the molecule is Cc1ccc(OCC(O)CNN2C(C)CCCC2C)cc1. The minimum atomic E-state index is -0.507. The summed E-state index contributed by atoms with van der Waals surface area (Å²) in [7, 11) is 0. The zero-order valence-electron chi connectivity index (χ0n) is 13.4. The summed E-state index contributed by atoms with van der Waals surface area (Å²) in [4.78, 5) is 0. The Balaban J connectivity index is 1.71. The Labute approximate surface area is 128 Å². The van der Waals surface area contributed by atoms with Gasteiger partial charge in [-0.1, -0.05) is 24.1 Å². The van der Waals surface area contributed by atoms with Crippen LogP contribution in [0.3, 0.4) is 0 Å². The second-order valence-electron chi connectivity index (χ2n) is 6.18. The number of benzene rings is 1. The standard InChI is InChI=1S/C17H28N2O2/c1-13-7-9-17(10-8-13)21-12-16(20)11-18-19-14(2)5-4-6-15(19)3/h7-10,14-16,18,20H,4-6,11-12H2,1-3H3. The Kier molecular flexibility index (Phi) is 6.03. The highest BCUT2D eigenvalue weighted by Crippen LogP contribution is 2.20. The van der Waals surface area contributed by atoms with E-state index in [0.29, 0.717) is 25.2 Å². The summed E-state index contributed by atoms with van der Waals surface area (Å²) in [5.74, 6) is 0.805. The number of piperidine rings is 1. The summed E-state index contributed by atoms with van der Waals surface area (Å²) >= 11 is 0. The molecule has 1 aliphatic heterocycles. The van der Waals surface area contributed by atoms with E-state index in [-0.39, 0.29) is 0 Å². The van der Waals surface area contributed by atoms with Crippen LogP contribution in [0, 0.1) is 6.92 Å². The number of hydrogen-bond acceptors (Lipinski definition) is 4. The van der Waals surface area contributed by atoms with Crippen LogP contribution >= 0.6 is 0 Å². The van der Waals surface area contributed by atoms with Crippen molar-refractivity contribution in [3.05, 3.63) is 29.8 Å². The summed E-state index contributed by atoms with van der Waals surface area (Å²) in [6.07, 6.45) is 3.22. The van der Waals surface area contributed by atoms with E-state index in [4.69, 9.17) is 4.74 Å². The Bertz CT molecular complexity index is 411. The highest BCUT2D eigenvalue weighted by Gasteiger charge is 2.24. The van der Waals surface area contributed by atoms with E-state index >= 15 is 0 Å². The lowest BCUT2D eigenvalue weighted by Crippen LogP contribution is -2.54. The van der Waals surface area contributed by atoms with Crippen LogP contribution in [-0.2, 0) is 0 Å². The average Bonchev–Trinajstić information content (AvgIpc) is 2.46. The number of aryl methyl sites for hydroxylation is 1. The molecule has 4 heteroatoms. The lowest BCUT2D eigenvalue weighted by atomic mass is 10.00. The quantitative estimate of drug-likeness (QED) is 0.845. The van der Waals surface area contributed by atoms with E-state index in [1.54, 1.807) is 0 Å². The van der Waals surface area contributed by atoms with Crippen molar-refractivity contribution < 1.29 is 9.84 Å². The summed E-state index contributed by atoms with van der Waals surface area (Å²) in [6, 6.07) is 8.95. The predicted molar refractivity (Wildman–Crippen MR) is 85.3 cm³/mol. The largest absolute Gasteiger partial charge is 0.491 e. The van der Waals surface area contributed by atoms with Crippen molar-refractivity contribution in [2.75, 3.05) is 13.2 Å². The number of aliphatic hydroxyl groups excluding tert-OH is 1. The molecule has 0 saturated carbocycles. The molecule has 118 valence electrons. The molecule has 1 heterocycles. The lowest BCUT2D eigenvalue weighted by Gasteiger charge is -2.39. The van der Waals surface area contributed by atoms with Crippen LogP contribution in [0.25, 0.3) is 0 Å². The topological polar surface area (TPSA) is 44.7 Å². The second-order valence-corrected chi connectivity index (χ2v) is 6.18. The van der Waals surface area contributed by atoms with Crippen molar-refractivity contribution in [2.24, 2.45) is 0 Å². The summed E-state index contributed by atoms with van der Waals surface area (Å²) < 4.78 is 5.61. The van der Waals surface area contributed by atoms with Gasteiger partial charge in [0.05, 0.1) is 0 Å². The Morgan fingerprint density at radius 1 is 1.24 bits per heavy atom. The van der Waals surface area contributed by atoms with Crippen LogP contribution < -0.4 is 10.2 Å². The van der Waals surface area contributed by atoms with Gasteiger partial charge in [0, 0.05) is 18.6 Å². The minimum Gasteiger partial charge on any atom is -0.491 e. The fourth-order valence-electron chi connectivity index (χ4n) is 2.83. The first-order chi connectivity index (χ1) is 10.1. The molecule has 3 atom stereocenters. The number of hydrogen-bond donors (Lipinski definition) is 2.